The highest BCUT2D eigenvalue weighted by Gasteiger charge is 2.15. The third-order valence-corrected chi connectivity index (χ3v) is 1.97. The van der Waals surface area contributed by atoms with Crippen molar-refractivity contribution < 1.29 is 14.6 Å². The minimum atomic E-state index is -0.378. The third kappa shape index (κ3) is 5.64. The van der Waals surface area contributed by atoms with E-state index in [1.807, 2.05) is 6.92 Å². The second kappa shape index (κ2) is 6.89. The molecule has 0 aromatic rings. The van der Waals surface area contributed by atoms with Crippen molar-refractivity contribution in [3.63, 3.8) is 0 Å². The van der Waals surface area contributed by atoms with Crippen LogP contribution in [0.15, 0.2) is 0 Å². The number of unbranched alkanes of at least 4 members (excludes halogenated alkanes) is 1. The summed E-state index contributed by atoms with van der Waals surface area (Å²) in [5, 5.41) is 8.66. The maximum Gasteiger partial charge on any atom is 0.308 e. The van der Waals surface area contributed by atoms with E-state index in [-0.39, 0.29) is 24.6 Å². The maximum absolute atomic E-state index is 11.3. The first-order valence-electron chi connectivity index (χ1n) is 4.93. The Balaban J connectivity index is 3.68. The van der Waals surface area contributed by atoms with Crippen LogP contribution < -0.4 is 0 Å². The van der Waals surface area contributed by atoms with Crippen molar-refractivity contribution in [2.75, 3.05) is 6.61 Å². The number of esters is 1. The summed E-state index contributed by atoms with van der Waals surface area (Å²) in [5.41, 5.74) is 0. The molecule has 0 heterocycles. The van der Waals surface area contributed by atoms with Gasteiger partial charge >= 0.3 is 5.97 Å². The number of hydrogen-bond donors (Lipinski definition) is 1. The quantitative estimate of drug-likeness (QED) is 0.646. The molecule has 0 amide bonds. The molecule has 2 unspecified atom stereocenters. The summed E-state index contributed by atoms with van der Waals surface area (Å²) in [6.45, 7) is 5.53. The molecular formula is C10H20O3. The number of hydrogen-bond acceptors (Lipinski definition) is 3. The van der Waals surface area contributed by atoms with Gasteiger partial charge in [-0.25, -0.2) is 0 Å². The zero-order chi connectivity index (χ0) is 10.3. The second-order valence-electron chi connectivity index (χ2n) is 3.47. The predicted molar refractivity (Wildman–Crippen MR) is 51.3 cm³/mol. The summed E-state index contributed by atoms with van der Waals surface area (Å²) < 4.78 is 4.97. The number of rotatable bonds is 6. The molecule has 0 bridgehead atoms. The van der Waals surface area contributed by atoms with Crippen LogP contribution in [0, 0.1) is 5.92 Å². The van der Waals surface area contributed by atoms with E-state index >= 15 is 0 Å². The van der Waals surface area contributed by atoms with Gasteiger partial charge in [0.25, 0.3) is 0 Å². The van der Waals surface area contributed by atoms with Crippen LogP contribution in [-0.4, -0.2) is 23.8 Å². The minimum absolute atomic E-state index is 0.0473. The average Bonchev–Trinajstić information content (AvgIpc) is 2.13. The summed E-state index contributed by atoms with van der Waals surface area (Å²) in [6.07, 6.45) is 2.63. The van der Waals surface area contributed by atoms with E-state index in [1.54, 1.807) is 6.92 Å². The van der Waals surface area contributed by atoms with Gasteiger partial charge in [0.15, 0.2) is 0 Å². The Hall–Kier alpha value is -0.570. The van der Waals surface area contributed by atoms with Crippen molar-refractivity contribution in [2.45, 2.75) is 46.1 Å². The summed E-state index contributed by atoms with van der Waals surface area (Å²) in [6, 6.07) is 0. The molecule has 0 radical (unpaired) electrons. The lowest BCUT2D eigenvalue weighted by Gasteiger charge is -2.14. The molecule has 0 aromatic carbocycles. The predicted octanol–water partition coefficient (Wildman–Crippen LogP) is 1.74. The van der Waals surface area contributed by atoms with Crippen LogP contribution in [0.2, 0.25) is 0 Å². The summed E-state index contributed by atoms with van der Waals surface area (Å²) in [4.78, 5) is 11.3. The molecule has 0 aliphatic rings. The van der Waals surface area contributed by atoms with Crippen molar-refractivity contribution in [1.29, 1.82) is 0 Å². The van der Waals surface area contributed by atoms with Gasteiger partial charge in [-0.2, -0.15) is 0 Å². The standard InChI is InChI=1S/C10H20O3/c1-4-5-6-8(2)10(12)13-9(3)7-11/h8-9,11H,4-7H2,1-3H3. The molecule has 0 fully saturated rings. The van der Waals surface area contributed by atoms with Gasteiger partial charge in [0.2, 0.25) is 0 Å². The molecule has 1 N–H and O–H groups in total. The average molecular weight is 188 g/mol. The first-order chi connectivity index (χ1) is 6.11. The Morgan fingerprint density at radius 1 is 1.46 bits per heavy atom. The van der Waals surface area contributed by atoms with E-state index in [2.05, 4.69) is 6.92 Å². The van der Waals surface area contributed by atoms with Crippen LogP contribution >= 0.6 is 0 Å². The molecule has 3 nitrogen and oxygen atoms in total. The van der Waals surface area contributed by atoms with Gasteiger partial charge in [0.1, 0.15) is 6.10 Å². The van der Waals surface area contributed by atoms with Crippen LogP contribution in [-0.2, 0) is 9.53 Å². The molecule has 3 heteroatoms. The molecule has 0 spiro atoms. The van der Waals surface area contributed by atoms with Gasteiger partial charge in [-0.15, -0.1) is 0 Å². The fourth-order valence-electron chi connectivity index (χ4n) is 0.980. The lowest BCUT2D eigenvalue weighted by atomic mass is 10.1. The molecule has 0 aromatic heterocycles. The SMILES string of the molecule is CCCCC(C)C(=O)OC(C)CO. The lowest BCUT2D eigenvalue weighted by Crippen LogP contribution is -2.23. The zero-order valence-electron chi connectivity index (χ0n) is 8.75. The molecule has 0 saturated heterocycles. The third-order valence-electron chi connectivity index (χ3n) is 1.97. The van der Waals surface area contributed by atoms with Gasteiger partial charge in [-0.1, -0.05) is 26.7 Å². The van der Waals surface area contributed by atoms with Gasteiger partial charge in [0, 0.05) is 0 Å². The number of carbonyl (C=O) groups is 1. The molecule has 0 aliphatic carbocycles. The molecular weight excluding hydrogens is 168 g/mol. The smallest absolute Gasteiger partial charge is 0.308 e. The van der Waals surface area contributed by atoms with E-state index in [9.17, 15) is 4.79 Å². The maximum atomic E-state index is 11.3. The zero-order valence-corrected chi connectivity index (χ0v) is 8.75. The van der Waals surface area contributed by atoms with E-state index in [0.29, 0.717) is 0 Å². The Kier molecular flexibility index (Phi) is 6.59. The summed E-state index contributed by atoms with van der Waals surface area (Å²) >= 11 is 0. The first-order valence-corrected chi connectivity index (χ1v) is 4.93. The molecule has 13 heavy (non-hydrogen) atoms. The Morgan fingerprint density at radius 3 is 2.54 bits per heavy atom. The van der Waals surface area contributed by atoms with Crippen LogP contribution in [0.3, 0.4) is 0 Å². The lowest BCUT2D eigenvalue weighted by molar-refractivity contribution is -0.154. The molecule has 0 saturated carbocycles. The largest absolute Gasteiger partial charge is 0.460 e. The van der Waals surface area contributed by atoms with E-state index in [4.69, 9.17) is 9.84 Å². The molecule has 78 valence electrons. The normalized spacial score (nSPS) is 15.1. The topological polar surface area (TPSA) is 46.5 Å². The van der Waals surface area contributed by atoms with Crippen LogP contribution in [0.25, 0.3) is 0 Å². The summed E-state index contributed by atoms with van der Waals surface area (Å²) in [5.74, 6) is -0.246. The minimum Gasteiger partial charge on any atom is -0.460 e. The summed E-state index contributed by atoms with van der Waals surface area (Å²) in [7, 11) is 0. The molecule has 0 rings (SSSR count). The van der Waals surface area contributed by atoms with Gasteiger partial charge in [0.05, 0.1) is 12.5 Å². The number of aliphatic hydroxyl groups excluding tert-OH is 1. The van der Waals surface area contributed by atoms with Crippen molar-refractivity contribution in [3.8, 4) is 0 Å². The highest BCUT2D eigenvalue weighted by molar-refractivity contribution is 5.72. The molecule has 2 atom stereocenters. The van der Waals surface area contributed by atoms with Crippen molar-refractivity contribution in [2.24, 2.45) is 5.92 Å². The van der Waals surface area contributed by atoms with Gasteiger partial charge < -0.3 is 9.84 Å². The molecule has 0 aliphatic heterocycles. The second-order valence-corrected chi connectivity index (χ2v) is 3.47. The van der Waals surface area contributed by atoms with Crippen LogP contribution in [0.1, 0.15) is 40.0 Å². The highest BCUT2D eigenvalue weighted by Crippen LogP contribution is 2.10. The van der Waals surface area contributed by atoms with Crippen molar-refractivity contribution in [1.82, 2.24) is 0 Å². The fourth-order valence-corrected chi connectivity index (χ4v) is 0.980. The Morgan fingerprint density at radius 2 is 2.08 bits per heavy atom. The van der Waals surface area contributed by atoms with Crippen LogP contribution in [0.5, 0.6) is 0 Å². The number of ether oxygens (including phenoxy) is 1. The van der Waals surface area contributed by atoms with E-state index in [1.165, 1.54) is 0 Å². The number of carbonyl (C=O) groups excluding carboxylic acids is 1. The van der Waals surface area contributed by atoms with E-state index < -0.39 is 0 Å². The first kappa shape index (κ1) is 12.4. The Labute approximate surface area is 80.1 Å². The van der Waals surface area contributed by atoms with Gasteiger partial charge in [-0.05, 0) is 13.3 Å². The monoisotopic (exact) mass is 188 g/mol. The van der Waals surface area contributed by atoms with E-state index in [0.717, 1.165) is 19.3 Å². The Bertz CT molecular complexity index is 145. The fraction of sp³-hybridized carbons (Fsp3) is 0.900. The van der Waals surface area contributed by atoms with Crippen molar-refractivity contribution >= 4 is 5.97 Å². The highest BCUT2D eigenvalue weighted by atomic mass is 16.6. The number of aliphatic hydroxyl groups is 1. The van der Waals surface area contributed by atoms with Crippen LogP contribution in [0.4, 0.5) is 0 Å². The van der Waals surface area contributed by atoms with Gasteiger partial charge in [-0.3, -0.25) is 4.79 Å². The van der Waals surface area contributed by atoms with Crippen molar-refractivity contribution in [3.05, 3.63) is 0 Å².